The van der Waals surface area contributed by atoms with Crippen LogP contribution in [0.25, 0.3) is 11.0 Å². The average molecular weight is 479 g/mol. The Labute approximate surface area is 205 Å². The van der Waals surface area contributed by atoms with Crippen LogP contribution in [0.15, 0.2) is 30.6 Å². The van der Waals surface area contributed by atoms with Gasteiger partial charge in [0.2, 0.25) is 5.91 Å². The number of anilines is 2. The monoisotopic (exact) mass is 478 g/mol. The Balaban J connectivity index is 1.20. The van der Waals surface area contributed by atoms with Crippen molar-refractivity contribution in [1.82, 2.24) is 29.5 Å². The summed E-state index contributed by atoms with van der Waals surface area (Å²) in [4.78, 5) is 24.7. The van der Waals surface area contributed by atoms with Gasteiger partial charge in [-0.15, -0.1) is 0 Å². The fourth-order valence-electron chi connectivity index (χ4n) is 5.12. The van der Waals surface area contributed by atoms with Crippen LogP contribution in [0.4, 0.5) is 11.6 Å². The molecule has 3 aromatic rings. The third kappa shape index (κ3) is 5.23. The molecule has 0 unspecified atom stereocenters. The van der Waals surface area contributed by atoms with Crippen molar-refractivity contribution < 1.29 is 9.90 Å². The third-order valence-corrected chi connectivity index (χ3v) is 7.09. The van der Waals surface area contributed by atoms with E-state index in [1.165, 1.54) is 11.1 Å². The van der Waals surface area contributed by atoms with Crippen LogP contribution < -0.4 is 10.6 Å². The van der Waals surface area contributed by atoms with Gasteiger partial charge in [0.05, 0.1) is 6.10 Å². The van der Waals surface area contributed by atoms with Gasteiger partial charge in [-0.05, 0) is 30.4 Å². The van der Waals surface area contributed by atoms with Crippen molar-refractivity contribution in [3.05, 3.63) is 41.7 Å². The first-order valence-corrected chi connectivity index (χ1v) is 12.4. The lowest BCUT2D eigenvalue weighted by molar-refractivity contribution is -0.129. The topological polar surface area (TPSA) is 111 Å². The van der Waals surface area contributed by atoms with E-state index in [0.717, 1.165) is 56.8 Å². The van der Waals surface area contributed by atoms with Gasteiger partial charge in [0.15, 0.2) is 17.2 Å². The normalized spacial score (nSPS) is 17.9. The highest BCUT2D eigenvalue weighted by Crippen LogP contribution is 2.26. The van der Waals surface area contributed by atoms with Crippen LogP contribution in [0.1, 0.15) is 30.9 Å². The second-order valence-corrected chi connectivity index (χ2v) is 9.60. The third-order valence-electron chi connectivity index (χ3n) is 7.09. The maximum atomic E-state index is 11.6. The number of carbonyl (C=O) groups excluding carboxylic acids is 1. The summed E-state index contributed by atoms with van der Waals surface area (Å²) in [5.74, 6) is 1.59. The largest absolute Gasteiger partial charge is 0.390 e. The lowest BCUT2D eigenvalue weighted by Gasteiger charge is -2.31. The molecule has 1 amide bonds. The SMILES string of the molecule is CC(=O)N1CCC(Nc2ncnc3c(NC[C@H](O)CN4CCc5ccccc5C4)n(C)nc23)CC1. The fourth-order valence-corrected chi connectivity index (χ4v) is 5.12. The molecule has 0 spiro atoms. The molecule has 0 aliphatic carbocycles. The highest BCUT2D eigenvalue weighted by Gasteiger charge is 2.23. The van der Waals surface area contributed by atoms with Crippen LogP contribution in [0.3, 0.4) is 0 Å². The Morgan fingerprint density at radius 1 is 1.14 bits per heavy atom. The number of rotatable bonds is 7. The van der Waals surface area contributed by atoms with Crippen LogP contribution in [0.5, 0.6) is 0 Å². The Morgan fingerprint density at radius 2 is 1.91 bits per heavy atom. The molecular formula is C25H34N8O2. The van der Waals surface area contributed by atoms with Crippen LogP contribution in [-0.2, 0) is 24.8 Å². The number of hydrogen-bond acceptors (Lipinski definition) is 8. The summed E-state index contributed by atoms with van der Waals surface area (Å²) >= 11 is 0. The number of nitrogens with one attached hydrogen (secondary N) is 2. The summed E-state index contributed by atoms with van der Waals surface area (Å²) in [5, 5.41) is 22.2. The molecule has 2 aromatic heterocycles. The average Bonchev–Trinajstić information content (AvgIpc) is 3.19. The summed E-state index contributed by atoms with van der Waals surface area (Å²) < 4.78 is 1.76. The van der Waals surface area contributed by atoms with Gasteiger partial charge in [-0.3, -0.25) is 14.4 Å². The number of hydrogen-bond donors (Lipinski definition) is 3. The number of carbonyl (C=O) groups is 1. The van der Waals surface area contributed by atoms with Crippen molar-refractivity contribution in [2.45, 2.75) is 44.9 Å². The zero-order valence-electron chi connectivity index (χ0n) is 20.4. The minimum atomic E-state index is -0.517. The van der Waals surface area contributed by atoms with Crippen LogP contribution in [0, 0.1) is 0 Å². The number of aliphatic hydroxyl groups is 1. The lowest BCUT2D eigenvalue weighted by Crippen LogP contribution is -2.41. The fraction of sp³-hybridized carbons (Fsp3) is 0.520. The van der Waals surface area contributed by atoms with Crippen LogP contribution in [-0.4, -0.2) is 85.4 Å². The van der Waals surface area contributed by atoms with Gasteiger partial charge < -0.3 is 20.6 Å². The van der Waals surface area contributed by atoms with Gasteiger partial charge in [0, 0.05) is 59.3 Å². The molecule has 5 rings (SSSR count). The van der Waals surface area contributed by atoms with E-state index >= 15 is 0 Å². The number of β-amino-alcohol motifs (C(OH)–C–C–N with tert-alkyl or cyclic N) is 1. The number of fused-ring (bicyclic) bond motifs is 2. The maximum Gasteiger partial charge on any atom is 0.219 e. The molecule has 2 aliphatic heterocycles. The Bertz CT molecular complexity index is 1190. The molecule has 0 saturated carbocycles. The molecule has 10 heteroatoms. The van der Waals surface area contributed by atoms with Gasteiger partial charge in [-0.25, -0.2) is 9.97 Å². The number of aromatic nitrogens is 4. The number of amides is 1. The van der Waals surface area contributed by atoms with Crippen LogP contribution in [0.2, 0.25) is 0 Å². The first kappa shape index (κ1) is 23.5. The number of nitrogens with zero attached hydrogens (tertiary/aromatic N) is 6. The summed E-state index contributed by atoms with van der Waals surface area (Å²) in [6.07, 6.45) is 3.79. The Hall–Kier alpha value is -3.24. The lowest BCUT2D eigenvalue weighted by atomic mass is 10.00. The first-order chi connectivity index (χ1) is 17.0. The molecule has 186 valence electrons. The van der Waals surface area contributed by atoms with Gasteiger partial charge in [-0.2, -0.15) is 5.10 Å². The van der Waals surface area contributed by atoms with Gasteiger partial charge in [0.25, 0.3) is 0 Å². The molecular weight excluding hydrogens is 444 g/mol. The minimum absolute atomic E-state index is 0.126. The number of aliphatic hydroxyl groups excluding tert-OH is 1. The number of piperidine rings is 1. The highest BCUT2D eigenvalue weighted by atomic mass is 16.3. The summed E-state index contributed by atoms with van der Waals surface area (Å²) in [6, 6.07) is 8.77. The van der Waals surface area contributed by atoms with E-state index in [1.807, 2.05) is 11.9 Å². The number of likely N-dealkylation sites (tertiary alicyclic amines) is 1. The molecule has 1 aromatic carbocycles. The van der Waals surface area contributed by atoms with Crippen molar-refractivity contribution in [3.63, 3.8) is 0 Å². The zero-order chi connectivity index (χ0) is 24.4. The van der Waals surface area contributed by atoms with E-state index in [9.17, 15) is 9.90 Å². The quantitative estimate of drug-likeness (QED) is 0.470. The van der Waals surface area contributed by atoms with E-state index in [0.29, 0.717) is 24.4 Å². The highest BCUT2D eigenvalue weighted by molar-refractivity contribution is 5.93. The minimum Gasteiger partial charge on any atom is -0.390 e. The maximum absolute atomic E-state index is 11.6. The van der Waals surface area contributed by atoms with E-state index in [2.05, 4.69) is 54.9 Å². The molecule has 0 radical (unpaired) electrons. The molecule has 1 saturated heterocycles. The van der Waals surface area contributed by atoms with Crippen molar-refractivity contribution in [1.29, 1.82) is 0 Å². The van der Waals surface area contributed by atoms with Gasteiger partial charge in [-0.1, -0.05) is 24.3 Å². The molecule has 10 nitrogen and oxygen atoms in total. The molecule has 4 heterocycles. The number of benzene rings is 1. The summed E-state index contributed by atoms with van der Waals surface area (Å²) in [6.45, 7) is 5.95. The Kier molecular flexibility index (Phi) is 6.83. The molecule has 1 fully saturated rings. The van der Waals surface area contributed by atoms with Crippen LogP contribution >= 0.6 is 0 Å². The van der Waals surface area contributed by atoms with Crippen molar-refractivity contribution >= 4 is 28.6 Å². The first-order valence-electron chi connectivity index (χ1n) is 12.4. The second-order valence-electron chi connectivity index (χ2n) is 9.60. The zero-order valence-corrected chi connectivity index (χ0v) is 20.4. The van der Waals surface area contributed by atoms with Gasteiger partial charge >= 0.3 is 0 Å². The predicted molar refractivity (Wildman–Crippen MR) is 135 cm³/mol. The summed E-state index contributed by atoms with van der Waals surface area (Å²) in [5.41, 5.74) is 4.19. The molecule has 2 aliphatic rings. The molecule has 35 heavy (non-hydrogen) atoms. The van der Waals surface area contributed by atoms with Crippen molar-refractivity contribution in [2.24, 2.45) is 7.05 Å². The molecule has 3 N–H and O–H groups in total. The van der Waals surface area contributed by atoms with E-state index in [1.54, 1.807) is 17.9 Å². The van der Waals surface area contributed by atoms with E-state index in [-0.39, 0.29) is 11.9 Å². The number of aryl methyl sites for hydroxylation is 1. The smallest absolute Gasteiger partial charge is 0.219 e. The van der Waals surface area contributed by atoms with Crippen molar-refractivity contribution in [2.75, 3.05) is 43.4 Å². The predicted octanol–water partition coefficient (Wildman–Crippen LogP) is 1.62. The van der Waals surface area contributed by atoms with E-state index in [4.69, 9.17) is 0 Å². The summed E-state index contributed by atoms with van der Waals surface area (Å²) in [7, 11) is 1.87. The van der Waals surface area contributed by atoms with Crippen molar-refractivity contribution in [3.8, 4) is 0 Å². The van der Waals surface area contributed by atoms with Gasteiger partial charge in [0.1, 0.15) is 11.8 Å². The van der Waals surface area contributed by atoms with E-state index < -0.39 is 6.10 Å². The molecule has 0 bridgehead atoms. The second kappa shape index (κ2) is 10.2. The molecule has 1 atom stereocenters. The Morgan fingerprint density at radius 3 is 2.69 bits per heavy atom. The standard InChI is InChI=1S/C25H34N8O2/c1-17(34)33-11-8-20(9-12-33)29-24-22-23(27-16-28-24)25(31(2)30-22)26-13-21(35)15-32-10-7-18-5-3-4-6-19(18)14-32/h3-6,16,20-21,26,35H,7-15H2,1-2H3,(H,27,28,29)/t21-/m0/s1.